The van der Waals surface area contributed by atoms with Crippen LogP contribution in [0.15, 0.2) is 53.8 Å². The summed E-state index contributed by atoms with van der Waals surface area (Å²) in [5.41, 5.74) is 3.86. The second kappa shape index (κ2) is 11.6. The summed E-state index contributed by atoms with van der Waals surface area (Å²) in [6, 6.07) is 7.67. The van der Waals surface area contributed by atoms with E-state index >= 15 is 0 Å². The second-order valence-corrected chi connectivity index (χ2v) is 9.49. The maximum Gasteiger partial charge on any atom is 0.418 e. The van der Waals surface area contributed by atoms with Crippen molar-refractivity contribution in [2.24, 2.45) is 10.4 Å². The quantitative estimate of drug-likeness (QED) is 0.333. The first-order chi connectivity index (χ1) is 18.5. The number of rotatable bonds is 7. The van der Waals surface area contributed by atoms with E-state index in [1.165, 1.54) is 48.9 Å². The molecule has 39 heavy (non-hydrogen) atoms. The molecule has 0 aliphatic carbocycles. The SMILES string of the molecule is Nc1ccc(C(=O)N=CC2(C(=O)NCc3ncc(Nc4ccc(Cl)cc4C(F)(F)F)cc3Cl)CCOC2)cn1. The molecular formula is C25H21Cl2F3N6O3. The number of hydrogen-bond acceptors (Lipinski definition) is 7. The minimum atomic E-state index is -4.63. The lowest BCUT2D eigenvalue weighted by Crippen LogP contribution is -2.42. The first kappa shape index (κ1) is 28.3. The number of nitrogens with zero attached hydrogens (tertiary/aromatic N) is 3. The fourth-order valence-corrected chi connectivity index (χ4v) is 4.13. The van der Waals surface area contributed by atoms with Crippen LogP contribution in [0.4, 0.5) is 30.4 Å². The van der Waals surface area contributed by atoms with Crippen molar-refractivity contribution in [1.29, 1.82) is 0 Å². The number of carbonyl (C=O) groups excluding carboxylic acids is 2. The van der Waals surface area contributed by atoms with Gasteiger partial charge in [0.2, 0.25) is 5.91 Å². The molecule has 2 amide bonds. The van der Waals surface area contributed by atoms with E-state index in [2.05, 4.69) is 25.6 Å². The van der Waals surface area contributed by atoms with Crippen LogP contribution in [-0.2, 0) is 22.3 Å². The van der Waals surface area contributed by atoms with E-state index in [0.29, 0.717) is 13.0 Å². The Morgan fingerprint density at radius 3 is 2.59 bits per heavy atom. The summed E-state index contributed by atoms with van der Waals surface area (Å²) < 4.78 is 45.5. The number of halogens is 5. The van der Waals surface area contributed by atoms with Crippen LogP contribution >= 0.6 is 23.2 Å². The topological polar surface area (TPSA) is 132 Å². The Morgan fingerprint density at radius 2 is 1.95 bits per heavy atom. The van der Waals surface area contributed by atoms with Crippen molar-refractivity contribution in [3.05, 3.63) is 75.7 Å². The molecule has 14 heteroatoms. The van der Waals surface area contributed by atoms with Crippen molar-refractivity contribution in [1.82, 2.24) is 15.3 Å². The van der Waals surface area contributed by atoms with E-state index in [1.54, 1.807) is 0 Å². The predicted molar refractivity (Wildman–Crippen MR) is 140 cm³/mol. The molecule has 2 aromatic heterocycles. The molecule has 1 aliphatic rings. The smallest absolute Gasteiger partial charge is 0.384 e. The number of ether oxygens (including phenoxy) is 1. The van der Waals surface area contributed by atoms with E-state index in [9.17, 15) is 22.8 Å². The number of aromatic nitrogens is 2. The van der Waals surface area contributed by atoms with Crippen LogP contribution in [0.1, 0.15) is 28.0 Å². The minimum absolute atomic E-state index is 0.0161. The first-order valence-electron chi connectivity index (χ1n) is 11.4. The molecule has 1 unspecified atom stereocenters. The van der Waals surface area contributed by atoms with Crippen molar-refractivity contribution >= 4 is 58.4 Å². The van der Waals surface area contributed by atoms with E-state index in [-0.39, 0.29) is 51.6 Å². The normalized spacial score (nSPS) is 17.4. The van der Waals surface area contributed by atoms with Crippen molar-refractivity contribution in [3.63, 3.8) is 0 Å². The molecule has 0 saturated carbocycles. The molecular weight excluding hydrogens is 560 g/mol. The lowest BCUT2D eigenvalue weighted by molar-refractivity contribution is -0.137. The number of pyridine rings is 2. The molecule has 3 heterocycles. The van der Waals surface area contributed by atoms with Gasteiger partial charge in [0, 0.05) is 24.0 Å². The van der Waals surface area contributed by atoms with Crippen LogP contribution < -0.4 is 16.4 Å². The number of alkyl halides is 3. The van der Waals surface area contributed by atoms with Gasteiger partial charge in [-0.15, -0.1) is 0 Å². The molecule has 9 nitrogen and oxygen atoms in total. The maximum atomic E-state index is 13.4. The molecule has 0 bridgehead atoms. The number of aliphatic imine (C=N–C) groups is 1. The number of amides is 2. The van der Waals surface area contributed by atoms with E-state index in [4.69, 9.17) is 33.7 Å². The zero-order valence-electron chi connectivity index (χ0n) is 20.1. The highest BCUT2D eigenvalue weighted by Gasteiger charge is 2.41. The molecule has 1 fully saturated rings. The summed E-state index contributed by atoms with van der Waals surface area (Å²) in [6.45, 7) is 0.224. The summed E-state index contributed by atoms with van der Waals surface area (Å²) >= 11 is 12.0. The summed E-state index contributed by atoms with van der Waals surface area (Å²) in [5.74, 6) is -0.797. The van der Waals surface area contributed by atoms with Gasteiger partial charge in [0.1, 0.15) is 11.2 Å². The highest BCUT2D eigenvalue weighted by atomic mass is 35.5. The third kappa shape index (κ3) is 6.83. The van der Waals surface area contributed by atoms with Crippen LogP contribution in [0.25, 0.3) is 0 Å². The molecule has 1 atom stereocenters. The number of nitrogens with two attached hydrogens (primary N) is 1. The lowest BCUT2D eigenvalue weighted by Gasteiger charge is -2.21. The van der Waals surface area contributed by atoms with Gasteiger partial charge in [-0.05, 0) is 42.8 Å². The van der Waals surface area contributed by atoms with Crippen LogP contribution in [0.2, 0.25) is 10.0 Å². The van der Waals surface area contributed by atoms with Crippen molar-refractivity contribution in [3.8, 4) is 0 Å². The van der Waals surface area contributed by atoms with Crippen LogP contribution in [0.5, 0.6) is 0 Å². The van der Waals surface area contributed by atoms with Gasteiger partial charge < -0.3 is 21.1 Å². The third-order valence-corrected chi connectivity index (χ3v) is 6.43. The number of nitrogen functional groups attached to an aromatic ring is 1. The molecule has 4 N–H and O–H groups in total. The number of anilines is 3. The van der Waals surface area contributed by atoms with Crippen molar-refractivity contribution < 1.29 is 27.5 Å². The third-order valence-electron chi connectivity index (χ3n) is 5.87. The average Bonchev–Trinajstić information content (AvgIpc) is 3.38. The summed E-state index contributed by atoms with van der Waals surface area (Å²) in [7, 11) is 0. The monoisotopic (exact) mass is 580 g/mol. The Balaban J connectivity index is 1.44. The molecule has 1 saturated heterocycles. The van der Waals surface area contributed by atoms with Gasteiger partial charge in [0.05, 0.1) is 52.6 Å². The Morgan fingerprint density at radius 1 is 1.15 bits per heavy atom. The Bertz CT molecular complexity index is 1410. The highest BCUT2D eigenvalue weighted by molar-refractivity contribution is 6.31. The van der Waals surface area contributed by atoms with Gasteiger partial charge in [0.25, 0.3) is 5.91 Å². The number of carbonyl (C=O) groups is 2. The number of benzene rings is 1. The van der Waals surface area contributed by atoms with Gasteiger partial charge >= 0.3 is 6.18 Å². The average molecular weight is 581 g/mol. The van der Waals surface area contributed by atoms with Crippen LogP contribution in [-0.4, -0.2) is 41.2 Å². The largest absolute Gasteiger partial charge is 0.418 e. The highest BCUT2D eigenvalue weighted by Crippen LogP contribution is 2.38. The van der Waals surface area contributed by atoms with Gasteiger partial charge in [-0.1, -0.05) is 23.2 Å². The Kier molecular flexibility index (Phi) is 8.38. The minimum Gasteiger partial charge on any atom is -0.384 e. The standard InChI is InChI=1S/C25H21Cl2F3N6O3/c26-15-2-3-19(17(7-15)25(28,29)30)36-16-8-18(27)20(32-10-16)11-34-23(38)24(5-6-39-13-24)12-35-22(37)14-1-4-21(31)33-9-14/h1-4,7-10,12,36H,5-6,11,13H2,(H2,31,33)(H,34,38). The molecule has 1 aromatic carbocycles. The fraction of sp³-hybridized carbons (Fsp3) is 0.240. The predicted octanol–water partition coefficient (Wildman–Crippen LogP) is 5.06. The molecule has 204 valence electrons. The molecule has 1 aliphatic heterocycles. The maximum absolute atomic E-state index is 13.4. The zero-order valence-corrected chi connectivity index (χ0v) is 21.6. The fourth-order valence-electron chi connectivity index (χ4n) is 3.73. The van der Waals surface area contributed by atoms with Gasteiger partial charge in [-0.3, -0.25) is 14.6 Å². The van der Waals surface area contributed by atoms with Crippen LogP contribution in [0.3, 0.4) is 0 Å². The van der Waals surface area contributed by atoms with Crippen molar-refractivity contribution in [2.45, 2.75) is 19.1 Å². The Labute approximate surface area is 230 Å². The van der Waals surface area contributed by atoms with E-state index in [1.807, 2.05) is 0 Å². The van der Waals surface area contributed by atoms with E-state index < -0.39 is 29.0 Å². The first-order valence-corrected chi connectivity index (χ1v) is 12.2. The zero-order chi connectivity index (χ0) is 28.2. The van der Waals surface area contributed by atoms with Gasteiger partial charge in [-0.25, -0.2) is 9.98 Å². The van der Waals surface area contributed by atoms with Gasteiger partial charge in [0.15, 0.2) is 0 Å². The number of nitrogens with one attached hydrogen (secondary N) is 2. The van der Waals surface area contributed by atoms with Crippen LogP contribution in [0, 0.1) is 5.41 Å². The molecule has 4 rings (SSSR count). The molecule has 3 aromatic rings. The summed E-state index contributed by atoms with van der Waals surface area (Å²) in [5, 5.41) is 5.41. The summed E-state index contributed by atoms with van der Waals surface area (Å²) in [6.07, 6.45) is -0.496. The lowest BCUT2D eigenvalue weighted by atomic mass is 9.87. The van der Waals surface area contributed by atoms with E-state index in [0.717, 1.165) is 6.07 Å². The van der Waals surface area contributed by atoms with Crippen molar-refractivity contribution in [2.75, 3.05) is 24.3 Å². The second-order valence-electron chi connectivity index (χ2n) is 8.64. The summed E-state index contributed by atoms with van der Waals surface area (Å²) in [4.78, 5) is 37.4. The Hall–Kier alpha value is -3.74. The molecule has 0 radical (unpaired) electrons. The van der Waals surface area contributed by atoms with Gasteiger partial charge in [-0.2, -0.15) is 13.2 Å². The molecule has 0 spiro atoms. The number of hydrogen-bond donors (Lipinski definition) is 3.